The van der Waals surface area contributed by atoms with Crippen molar-refractivity contribution >= 4 is 11.7 Å². The molecule has 5 nitrogen and oxygen atoms in total. The first kappa shape index (κ1) is 20.5. The lowest BCUT2D eigenvalue weighted by atomic mass is 9.92. The van der Waals surface area contributed by atoms with E-state index in [4.69, 9.17) is 0 Å². The van der Waals surface area contributed by atoms with Crippen LogP contribution < -0.4 is 5.32 Å². The molecule has 0 aliphatic heterocycles. The summed E-state index contributed by atoms with van der Waals surface area (Å²) in [6.45, 7) is 5.82. The van der Waals surface area contributed by atoms with Gasteiger partial charge < -0.3 is 5.32 Å². The molecule has 1 N–H and O–H groups in total. The van der Waals surface area contributed by atoms with E-state index in [-0.39, 0.29) is 11.0 Å². The highest BCUT2D eigenvalue weighted by Gasteiger charge is 2.32. The van der Waals surface area contributed by atoms with Crippen molar-refractivity contribution in [1.82, 2.24) is 14.8 Å². The molecule has 1 amide bonds. The molecule has 0 saturated heterocycles. The van der Waals surface area contributed by atoms with Crippen LogP contribution in [-0.4, -0.2) is 20.7 Å². The van der Waals surface area contributed by atoms with Crippen molar-refractivity contribution in [1.29, 1.82) is 0 Å². The predicted octanol–water partition coefficient (Wildman–Crippen LogP) is 4.98. The highest BCUT2D eigenvalue weighted by atomic mass is 19.4. The molecule has 0 spiro atoms. The number of rotatable bonds is 3. The molecule has 0 saturated carbocycles. The number of aromatic nitrogens is 3. The van der Waals surface area contributed by atoms with Crippen LogP contribution in [-0.2, 0) is 11.6 Å². The maximum absolute atomic E-state index is 13.3. The fourth-order valence-electron chi connectivity index (χ4n) is 2.50. The Balaban J connectivity index is 1.94. The zero-order valence-corrected chi connectivity index (χ0v) is 15.9. The number of nitrogens with zero attached hydrogens (tertiary/aromatic N) is 3. The molecule has 2 heterocycles. The zero-order chi connectivity index (χ0) is 21.4. The summed E-state index contributed by atoms with van der Waals surface area (Å²) in [4.78, 5) is 15.8. The number of carbonyl (C=O) groups is 1. The normalized spacial score (nSPS) is 12.1. The minimum atomic E-state index is -4.59. The van der Waals surface area contributed by atoms with Crippen molar-refractivity contribution in [3.8, 4) is 5.69 Å². The van der Waals surface area contributed by atoms with Crippen LogP contribution in [0.3, 0.4) is 0 Å². The number of hydrogen-bond acceptors (Lipinski definition) is 3. The molecule has 0 unspecified atom stereocenters. The Labute approximate surface area is 164 Å². The molecule has 0 aliphatic rings. The van der Waals surface area contributed by atoms with Gasteiger partial charge in [-0.2, -0.15) is 18.3 Å². The smallest absolute Gasteiger partial charge is 0.306 e. The standard InChI is InChI=1S/C20H18F4N4O/c1-19(2,3)16-10-17(28(27-16)14-7-5-13(21)6-8-14)26-18(29)12-4-9-15(25-11-12)20(22,23)24/h4-11H,1-3H3,(H,26,29). The van der Waals surface area contributed by atoms with E-state index < -0.39 is 23.6 Å². The number of hydrogen-bond donors (Lipinski definition) is 1. The van der Waals surface area contributed by atoms with E-state index in [1.54, 1.807) is 6.07 Å². The molecule has 152 valence electrons. The van der Waals surface area contributed by atoms with Gasteiger partial charge in [-0.05, 0) is 36.4 Å². The Morgan fingerprint density at radius 1 is 1.00 bits per heavy atom. The second kappa shape index (κ2) is 7.31. The molecule has 3 aromatic rings. The maximum Gasteiger partial charge on any atom is 0.433 e. The summed E-state index contributed by atoms with van der Waals surface area (Å²) < 4.78 is 52.6. The first-order chi connectivity index (χ1) is 13.4. The first-order valence-corrected chi connectivity index (χ1v) is 8.66. The van der Waals surface area contributed by atoms with Gasteiger partial charge in [0.25, 0.3) is 5.91 Å². The number of benzene rings is 1. The highest BCUT2D eigenvalue weighted by molar-refractivity contribution is 6.03. The lowest BCUT2D eigenvalue weighted by Gasteiger charge is -2.14. The second-order valence-corrected chi connectivity index (χ2v) is 7.44. The van der Waals surface area contributed by atoms with E-state index in [9.17, 15) is 22.4 Å². The Bertz CT molecular complexity index is 1020. The minimum Gasteiger partial charge on any atom is -0.306 e. The van der Waals surface area contributed by atoms with Gasteiger partial charge in [0, 0.05) is 17.7 Å². The van der Waals surface area contributed by atoms with Crippen LogP contribution in [0, 0.1) is 5.82 Å². The van der Waals surface area contributed by atoms with Crippen molar-refractivity contribution in [2.24, 2.45) is 0 Å². The van der Waals surface area contributed by atoms with Crippen LogP contribution in [0.2, 0.25) is 0 Å². The largest absolute Gasteiger partial charge is 0.433 e. The van der Waals surface area contributed by atoms with E-state index >= 15 is 0 Å². The van der Waals surface area contributed by atoms with Crippen molar-refractivity contribution in [2.75, 3.05) is 5.32 Å². The third-order valence-electron chi connectivity index (χ3n) is 4.11. The molecule has 1 aromatic carbocycles. The van der Waals surface area contributed by atoms with Gasteiger partial charge in [0.05, 0.1) is 16.9 Å². The second-order valence-electron chi connectivity index (χ2n) is 7.44. The topological polar surface area (TPSA) is 59.8 Å². The molecule has 0 bridgehead atoms. The summed E-state index contributed by atoms with van der Waals surface area (Å²) in [5.74, 6) is -0.764. The number of anilines is 1. The number of nitrogens with one attached hydrogen (secondary N) is 1. The summed E-state index contributed by atoms with van der Waals surface area (Å²) >= 11 is 0. The highest BCUT2D eigenvalue weighted by Crippen LogP contribution is 2.28. The van der Waals surface area contributed by atoms with Crippen molar-refractivity contribution in [2.45, 2.75) is 32.4 Å². The first-order valence-electron chi connectivity index (χ1n) is 8.66. The molecule has 0 fully saturated rings. The monoisotopic (exact) mass is 406 g/mol. The van der Waals surface area contributed by atoms with Crippen molar-refractivity contribution in [3.63, 3.8) is 0 Å². The van der Waals surface area contributed by atoms with E-state index in [2.05, 4.69) is 15.4 Å². The van der Waals surface area contributed by atoms with Crippen LogP contribution >= 0.6 is 0 Å². The Morgan fingerprint density at radius 3 is 2.17 bits per heavy atom. The van der Waals surface area contributed by atoms with Crippen LogP contribution in [0.1, 0.15) is 42.5 Å². The Morgan fingerprint density at radius 2 is 1.66 bits per heavy atom. The van der Waals surface area contributed by atoms with Gasteiger partial charge >= 0.3 is 6.18 Å². The Hall–Kier alpha value is -3.23. The molecule has 9 heteroatoms. The van der Waals surface area contributed by atoms with E-state index in [0.29, 0.717) is 17.2 Å². The molecular formula is C20H18F4N4O. The van der Waals surface area contributed by atoms with E-state index in [1.807, 2.05) is 20.8 Å². The van der Waals surface area contributed by atoms with Gasteiger partial charge in [-0.1, -0.05) is 20.8 Å². The number of amides is 1. The van der Waals surface area contributed by atoms with Crippen LogP contribution in [0.25, 0.3) is 5.69 Å². The zero-order valence-electron chi connectivity index (χ0n) is 15.9. The van der Waals surface area contributed by atoms with Crippen molar-refractivity contribution < 1.29 is 22.4 Å². The molecule has 0 radical (unpaired) electrons. The van der Waals surface area contributed by atoms with Crippen LogP contribution in [0.4, 0.5) is 23.4 Å². The van der Waals surface area contributed by atoms with E-state index in [1.165, 1.54) is 28.9 Å². The van der Waals surface area contributed by atoms with E-state index in [0.717, 1.165) is 18.3 Å². The lowest BCUT2D eigenvalue weighted by Crippen LogP contribution is -2.16. The Kier molecular flexibility index (Phi) is 5.16. The predicted molar refractivity (Wildman–Crippen MR) is 99.4 cm³/mol. The fourth-order valence-corrected chi connectivity index (χ4v) is 2.50. The third kappa shape index (κ3) is 4.61. The van der Waals surface area contributed by atoms with Crippen LogP contribution in [0.5, 0.6) is 0 Å². The maximum atomic E-state index is 13.3. The number of alkyl halides is 3. The summed E-state index contributed by atoms with van der Waals surface area (Å²) in [5.41, 5.74) is -0.270. The summed E-state index contributed by atoms with van der Waals surface area (Å²) in [5, 5.41) is 7.13. The number of halogens is 4. The minimum absolute atomic E-state index is 0.0397. The molecule has 29 heavy (non-hydrogen) atoms. The third-order valence-corrected chi connectivity index (χ3v) is 4.11. The molecule has 3 rings (SSSR count). The summed E-state index contributed by atoms with van der Waals surface area (Å²) in [7, 11) is 0. The molecule has 0 aliphatic carbocycles. The number of pyridine rings is 1. The van der Waals surface area contributed by atoms with Gasteiger partial charge in [-0.25, -0.2) is 9.07 Å². The molecular weight excluding hydrogens is 388 g/mol. The van der Waals surface area contributed by atoms with Crippen LogP contribution in [0.15, 0.2) is 48.7 Å². The number of carbonyl (C=O) groups excluding carboxylic acids is 1. The average Bonchev–Trinajstić information content (AvgIpc) is 3.06. The average molecular weight is 406 g/mol. The summed E-state index contributed by atoms with van der Waals surface area (Å²) in [6.07, 6.45) is -3.72. The van der Waals surface area contributed by atoms with Gasteiger partial charge in [-0.15, -0.1) is 0 Å². The van der Waals surface area contributed by atoms with Crippen molar-refractivity contribution in [3.05, 3.63) is 71.4 Å². The quantitative estimate of drug-likeness (QED) is 0.625. The van der Waals surface area contributed by atoms with Gasteiger partial charge in [0.1, 0.15) is 17.3 Å². The fraction of sp³-hybridized carbons (Fsp3) is 0.250. The van der Waals surface area contributed by atoms with Gasteiger partial charge in [-0.3, -0.25) is 9.78 Å². The summed E-state index contributed by atoms with van der Waals surface area (Å²) in [6, 6.07) is 8.99. The molecule has 2 aromatic heterocycles. The van der Waals surface area contributed by atoms with Gasteiger partial charge in [0.15, 0.2) is 0 Å². The lowest BCUT2D eigenvalue weighted by molar-refractivity contribution is -0.141. The SMILES string of the molecule is CC(C)(C)c1cc(NC(=O)c2ccc(C(F)(F)F)nc2)n(-c2ccc(F)cc2)n1. The van der Waals surface area contributed by atoms with Gasteiger partial charge in [0.2, 0.25) is 0 Å². The molecule has 0 atom stereocenters.